The van der Waals surface area contributed by atoms with Gasteiger partial charge in [-0.05, 0) is 68.8 Å². The molecular formula is C32H44N2. The molecule has 1 heterocycles. The van der Waals surface area contributed by atoms with E-state index in [0.717, 1.165) is 43.1 Å². The molecule has 0 aromatic rings. The molecular weight excluding hydrogens is 412 g/mol. The minimum atomic E-state index is 0.258. The first-order valence-corrected chi connectivity index (χ1v) is 13.5. The van der Waals surface area contributed by atoms with Crippen molar-refractivity contribution in [3.05, 3.63) is 70.6 Å². The summed E-state index contributed by atoms with van der Waals surface area (Å²) in [4.78, 5) is 2.54. The quantitative estimate of drug-likeness (QED) is 0.404. The summed E-state index contributed by atoms with van der Waals surface area (Å²) in [6, 6.07) is 0.258. The summed E-state index contributed by atoms with van der Waals surface area (Å²) in [6.07, 6.45) is 21.2. The van der Waals surface area contributed by atoms with Crippen LogP contribution in [-0.2, 0) is 0 Å². The third-order valence-electron chi connectivity index (χ3n) is 8.84. The lowest BCUT2D eigenvalue weighted by Crippen LogP contribution is -2.45. The second kappa shape index (κ2) is 10.5. The summed E-state index contributed by atoms with van der Waals surface area (Å²) in [5.41, 5.74) is 9.50. The molecule has 0 amide bonds. The van der Waals surface area contributed by atoms with E-state index in [1.165, 1.54) is 48.9 Å². The van der Waals surface area contributed by atoms with E-state index < -0.39 is 0 Å². The molecule has 4 rings (SSSR count). The Balaban J connectivity index is 1.51. The van der Waals surface area contributed by atoms with Crippen molar-refractivity contribution in [3.63, 3.8) is 0 Å². The minimum absolute atomic E-state index is 0.258. The van der Waals surface area contributed by atoms with Crippen LogP contribution in [0.3, 0.4) is 0 Å². The van der Waals surface area contributed by atoms with E-state index in [2.05, 4.69) is 75.2 Å². The van der Waals surface area contributed by atoms with Crippen molar-refractivity contribution >= 4 is 0 Å². The largest absolute Gasteiger partial charge is 0.381 e. The van der Waals surface area contributed by atoms with Gasteiger partial charge in [0.1, 0.15) is 0 Å². The predicted octanol–water partition coefficient (Wildman–Crippen LogP) is 7.31. The fourth-order valence-corrected chi connectivity index (χ4v) is 6.15. The monoisotopic (exact) mass is 456 g/mol. The molecule has 182 valence electrons. The first-order chi connectivity index (χ1) is 16.3. The number of nitrogens with zero attached hydrogens (tertiary/aromatic N) is 1. The van der Waals surface area contributed by atoms with Gasteiger partial charge in [-0.1, -0.05) is 75.6 Å². The molecule has 0 radical (unpaired) electrons. The lowest BCUT2D eigenvalue weighted by Gasteiger charge is -2.44. The van der Waals surface area contributed by atoms with Gasteiger partial charge in [-0.15, -0.1) is 6.42 Å². The van der Waals surface area contributed by atoms with Crippen molar-refractivity contribution in [1.82, 2.24) is 10.2 Å². The zero-order valence-corrected chi connectivity index (χ0v) is 21.9. The van der Waals surface area contributed by atoms with Gasteiger partial charge in [-0.3, -0.25) is 0 Å². The van der Waals surface area contributed by atoms with Crippen LogP contribution in [0, 0.1) is 36.0 Å². The van der Waals surface area contributed by atoms with Crippen LogP contribution in [0.15, 0.2) is 70.6 Å². The zero-order valence-electron chi connectivity index (χ0n) is 21.9. The van der Waals surface area contributed by atoms with Gasteiger partial charge in [0, 0.05) is 41.5 Å². The molecule has 0 spiro atoms. The zero-order chi connectivity index (χ0) is 24.4. The van der Waals surface area contributed by atoms with Crippen molar-refractivity contribution < 1.29 is 0 Å². The highest BCUT2D eigenvalue weighted by Crippen LogP contribution is 2.44. The fourth-order valence-electron chi connectivity index (χ4n) is 6.15. The molecule has 0 aromatic heterocycles. The number of hydrogen-bond acceptors (Lipinski definition) is 2. The van der Waals surface area contributed by atoms with Gasteiger partial charge < -0.3 is 10.2 Å². The van der Waals surface area contributed by atoms with Crippen molar-refractivity contribution in [1.29, 1.82) is 0 Å². The van der Waals surface area contributed by atoms with Gasteiger partial charge in [0.25, 0.3) is 0 Å². The van der Waals surface area contributed by atoms with E-state index in [-0.39, 0.29) is 6.04 Å². The Kier molecular flexibility index (Phi) is 7.61. The highest BCUT2D eigenvalue weighted by Gasteiger charge is 2.37. The Labute approximate surface area is 208 Å². The van der Waals surface area contributed by atoms with Gasteiger partial charge >= 0.3 is 0 Å². The van der Waals surface area contributed by atoms with Gasteiger partial charge in [-0.25, -0.2) is 0 Å². The Morgan fingerprint density at radius 2 is 1.79 bits per heavy atom. The average Bonchev–Trinajstić information content (AvgIpc) is 2.80. The summed E-state index contributed by atoms with van der Waals surface area (Å²) in [5.74, 6) is 5.14. The topological polar surface area (TPSA) is 15.3 Å². The summed E-state index contributed by atoms with van der Waals surface area (Å²) >= 11 is 0. The number of piperidine rings is 1. The normalized spacial score (nSPS) is 26.4. The van der Waals surface area contributed by atoms with Crippen LogP contribution in [0.1, 0.15) is 72.6 Å². The minimum Gasteiger partial charge on any atom is -0.381 e. The first-order valence-electron chi connectivity index (χ1n) is 13.5. The first kappa shape index (κ1) is 24.7. The molecule has 1 aliphatic heterocycles. The molecule has 4 aliphatic rings. The Bertz CT molecular complexity index is 981. The number of terminal acetylenes is 1. The van der Waals surface area contributed by atoms with E-state index in [0.29, 0.717) is 17.8 Å². The Morgan fingerprint density at radius 3 is 2.32 bits per heavy atom. The lowest BCUT2D eigenvalue weighted by molar-refractivity contribution is 0.241. The maximum atomic E-state index is 5.58. The van der Waals surface area contributed by atoms with E-state index in [9.17, 15) is 0 Å². The average molecular weight is 457 g/mol. The number of hydrogen-bond donors (Lipinski definition) is 1. The molecule has 2 unspecified atom stereocenters. The molecule has 2 fully saturated rings. The van der Waals surface area contributed by atoms with Gasteiger partial charge in [-0.2, -0.15) is 0 Å². The van der Waals surface area contributed by atoms with E-state index in [1.807, 2.05) is 0 Å². The molecule has 0 aromatic carbocycles. The summed E-state index contributed by atoms with van der Waals surface area (Å²) < 4.78 is 0. The highest BCUT2D eigenvalue weighted by molar-refractivity contribution is 5.48. The molecule has 1 saturated carbocycles. The van der Waals surface area contributed by atoms with Gasteiger partial charge in [0.05, 0.1) is 6.04 Å². The second-order valence-corrected chi connectivity index (χ2v) is 11.2. The van der Waals surface area contributed by atoms with Crippen LogP contribution in [0.2, 0.25) is 0 Å². The summed E-state index contributed by atoms with van der Waals surface area (Å²) in [7, 11) is 0. The smallest absolute Gasteiger partial charge is 0.0596 e. The lowest BCUT2D eigenvalue weighted by atomic mass is 9.68. The Hall–Kier alpha value is -2.40. The van der Waals surface area contributed by atoms with Crippen LogP contribution in [-0.4, -0.2) is 24.0 Å². The SMILES string of the molecule is C#CC1=CC=C(C2CCN(C(=C)C3=C(C)C=C(C4CCC4)C(C)C3NC(=C)C(C)C)CC2)CC1. The highest BCUT2D eigenvalue weighted by atomic mass is 15.1. The van der Waals surface area contributed by atoms with Crippen LogP contribution in [0.5, 0.6) is 0 Å². The van der Waals surface area contributed by atoms with Crippen LogP contribution in [0.25, 0.3) is 0 Å². The van der Waals surface area contributed by atoms with Crippen molar-refractivity contribution in [3.8, 4) is 12.3 Å². The molecule has 2 heteroatoms. The third kappa shape index (κ3) is 5.00. The molecule has 2 atom stereocenters. The maximum absolute atomic E-state index is 5.58. The molecule has 0 bridgehead atoms. The molecule has 1 saturated heterocycles. The van der Waals surface area contributed by atoms with Crippen LogP contribution in [0.4, 0.5) is 0 Å². The number of rotatable bonds is 7. The molecule has 3 aliphatic carbocycles. The number of likely N-dealkylation sites (tertiary alicyclic amines) is 1. The molecule has 1 N–H and O–H groups in total. The second-order valence-electron chi connectivity index (χ2n) is 11.2. The van der Waals surface area contributed by atoms with Crippen molar-refractivity contribution in [2.24, 2.45) is 23.7 Å². The number of nitrogens with one attached hydrogen (secondary N) is 1. The third-order valence-corrected chi connectivity index (χ3v) is 8.84. The standard InChI is InChI=1S/C32H44N2/c1-8-26-12-14-27(15-13-26)28-16-18-34(19-17-28)25(7)31-22(4)20-30(29-10-9-11-29)23(5)32(31)33-24(6)21(2)3/h1,12,14,20-21,23,28-29,32-33H,6-7,9-11,13,15-19H2,2-5H3. The van der Waals surface area contributed by atoms with Crippen molar-refractivity contribution in [2.75, 3.05) is 13.1 Å². The van der Waals surface area contributed by atoms with Crippen LogP contribution >= 0.6 is 0 Å². The van der Waals surface area contributed by atoms with Gasteiger partial charge in [0.15, 0.2) is 0 Å². The fraction of sp³-hybridized carbons (Fsp3) is 0.562. The van der Waals surface area contributed by atoms with E-state index in [4.69, 9.17) is 6.42 Å². The molecule has 34 heavy (non-hydrogen) atoms. The summed E-state index contributed by atoms with van der Waals surface area (Å²) in [5, 5.41) is 3.86. The predicted molar refractivity (Wildman–Crippen MR) is 146 cm³/mol. The maximum Gasteiger partial charge on any atom is 0.0596 e. The number of allylic oxidation sites excluding steroid dienone is 7. The van der Waals surface area contributed by atoms with Gasteiger partial charge in [0.2, 0.25) is 0 Å². The Morgan fingerprint density at radius 1 is 1.09 bits per heavy atom. The van der Waals surface area contributed by atoms with E-state index >= 15 is 0 Å². The summed E-state index contributed by atoms with van der Waals surface area (Å²) in [6.45, 7) is 20.4. The van der Waals surface area contributed by atoms with Crippen LogP contribution < -0.4 is 5.32 Å². The van der Waals surface area contributed by atoms with E-state index in [1.54, 1.807) is 11.1 Å². The molecule has 2 nitrogen and oxygen atoms in total. The van der Waals surface area contributed by atoms with Crippen molar-refractivity contribution in [2.45, 2.75) is 78.7 Å².